The molecule has 0 bridgehead atoms. The maximum Gasteiger partial charge on any atom is 0.221 e. The smallest absolute Gasteiger partial charge is 0.221 e. The number of amides is 1. The zero-order valence-electron chi connectivity index (χ0n) is 16.4. The van der Waals surface area contributed by atoms with E-state index in [1.54, 1.807) is 0 Å². The maximum absolute atomic E-state index is 12.6. The first-order chi connectivity index (χ1) is 12.1. The summed E-state index contributed by atoms with van der Waals surface area (Å²) in [6.45, 7) is 4.99. The predicted molar refractivity (Wildman–Crippen MR) is 118 cm³/mol. The molecule has 1 amide bonds. The van der Waals surface area contributed by atoms with Gasteiger partial charge in [0.15, 0.2) is 0 Å². The van der Waals surface area contributed by atoms with Crippen molar-refractivity contribution in [3.8, 4) is 0 Å². The molecule has 1 saturated heterocycles. The van der Waals surface area contributed by atoms with Crippen LogP contribution in [0.4, 0.5) is 5.69 Å². The van der Waals surface area contributed by atoms with Crippen molar-refractivity contribution >= 4 is 36.4 Å². The first-order valence-electron chi connectivity index (χ1n) is 9.96. The molecule has 0 radical (unpaired) electrons. The van der Waals surface area contributed by atoms with Gasteiger partial charge in [-0.3, -0.25) is 4.79 Å². The van der Waals surface area contributed by atoms with Gasteiger partial charge in [0.1, 0.15) is 0 Å². The molecule has 3 N–H and O–H groups in total. The van der Waals surface area contributed by atoms with E-state index in [0.29, 0.717) is 13.0 Å². The van der Waals surface area contributed by atoms with E-state index in [4.69, 9.17) is 5.73 Å². The average molecular weight is 416 g/mol. The van der Waals surface area contributed by atoms with E-state index in [2.05, 4.69) is 41.4 Å². The molecule has 1 aliphatic heterocycles. The lowest BCUT2D eigenvalue weighted by Gasteiger charge is -2.36. The van der Waals surface area contributed by atoms with Gasteiger partial charge in [-0.1, -0.05) is 31.4 Å². The normalized spacial score (nSPS) is 19.6. The number of carbonyl (C=O) groups is 1. The summed E-state index contributed by atoms with van der Waals surface area (Å²) >= 11 is 0. The molecule has 6 heteroatoms. The molecule has 1 atom stereocenters. The maximum atomic E-state index is 12.6. The van der Waals surface area contributed by atoms with E-state index < -0.39 is 0 Å². The van der Waals surface area contributed by atoms with Gasteiger partial charge in [-0.2, -0.15) is 0 Å². The van der Waals surface area contributed by atoms with Crippen molar-refractivity contribution < 1.29 is 4.79 Å². The van der Waals surface area contributed by atoms with Gasteiger partial charge in [0.2, 0.25) is 5.91 Å². The van der Waals surface area contributed by atoms with Crippen LogP contribution in [0, 0.1) is 5.41 Å². The van der Waals surface area contributed by atoms with Crippen molar-refractivity contribution in [2.24, 2.45) is 11.1 Å². The third-order valence-corrected chi connectivity index (χ3v) is 6.10. The molecule has 2 aliphatic rings. The van der Waals surface area contributed by atoms with Gasteiger partial charge in [-0.05, 0) is 62.3 Å². The molecule has 0 aromatic heterocycles. The lowest BCUT2D eigenvalue weighted by Crippen LogP contribution is -2.39. The number of nitrogens with zero attached hydrogens (tertiary/aromatic N) is 1. The summed E-state index contributed by atoms with van der Waals surface area (Å²) < 4.78 is 0. The first-order valence-corrected chi connectivity index (χ1v) is 9.96. The molecule has 27 heavy (non-hydrogen) atoms. The molecule has 1 aromatic rings. The highest BCUT2D eigenvalue weighted by molar-refractivity contribution is 5.85. The number of benzene rings is 1. The van der Waals surface area contributed by atoms with Crippen LogP contribution in [0.1, 0.15) is 69.9 Å². The van der Waals surface area contributed by atoms with E-state index in [1.807, 2.05) is 0 Å². The SMILES string of the molecule is CC(NC(=O)CC1(CN)CCCCC1)c1cccc(N2CCCC2)c1.Cl.Cl. The standard InChI is InChI=1S/C21H33N3O.2ClH/c1-17(18-8-7-9-19(14-18)24-12-5-6-13-24)23-20(25)15-21(16-22)10-3-2-4-11-21;;/h7-9,14,17H,2-6,10-13,15-16,22H2,1H3,(H,23,25);2*1H. The van der Waals surface area contributed by atoms with Crippen LogP contribution < -0.4 is 16.0 Å². The van der Waals surface area contributed by atoms with Crippen LogP contribution >= 0.6 is 24.8 Å². The first kappa shape index (κ1) is 24.1. The van der Waals surface area contributed by atoms with Crippen LogP contribution in [0.5, 0.6) is 0 Å². The van der Waals surface area contributed by atoms with Crippen molar-refractivity contribution in [2.75, 3.05) is 24.5 Å². The Morgan fingerprint density at radius 1 is 1.15 bits per heavy atom. The summed E-state index contributed by atoms with van der Waals surface area (Å²) in [5.74, 6) is 0.145. The molecule has 1 heterocycles. The summed E-state index contributed by atoms with van der Waals surface area (Å²) in [6.07, 6.45) is 9.00. The van der Waals surface area contributed by atoms with Crippen LogP contribution in [-0.2, 0) is 4.79 Å². The van der Waals surface area contributed by atoms with Crippen LogP contribution in [0.15, 0.2) is 24.3 Å². The fourth-order valence-electron chi connectivity index (χ4n) is 4.44. The van der Waals surface area contributed by atoms with Gasteiger partial charge in [-0.25, -0.2) is 0 Å². The number of anilines is 1. The van der Waals surface area contributed by atoms with Crippen molar-refractivity contribution in [3.63, 3.8) is 0 Å². The van der Waals surface area contributed by atoms with E-state index in [1.165, 1.54) is 43.4 Å². The van der Waals surface area contributed by atoms with E-state index in [-0.39, 0.29) is 42.2 Å². The Hall–Kier alpha value is -0.970. The minimum Gasteiger partial charge on any atom is -0.372 e. The molecule has 1 aliphatic carbocycles. The minimum absolute atomic E-state index is 0. The van der Waals surface area contributed by atoms with Crippen LogP contribution in [0.3, 0.4) is 0 Å². The molecule has 1 saturated carbocycles. The number of hydrogen-bond donors (Lipinski definition) is 2. The quantitative estimate of drug-likeness (QED) is 0.712. The highest BCUT2D eigenvalue weighted by atomic mass is 35.5. The summed E-state index contributed by atoms with van der Waals surface area (Å²) in [5.41, 5.74) is 8.52. The Bertz CT molecular complexity index is 585. The molecule has 1 aromatic carbocycles. The minimum atomic E-state index is 0. The molecular weight excluding hydrogens is 381 g/mol. The van der Waals surface area contributed by atoms with Crippen molar-refractivity contribution in [3.05, 3.63) is 29.8 Å². The van der Waals surface area contributed by atoms with Gasteiger partial charge in [0.25, 0.3) is 0 Å². The fourth-order valence-corrected chi connectivity index (χ4v) is 4.44. The lowest BCUT2D eigenvalue weighted by atomic mass is 9.71. The number of rotatable bonds is 6. The fraction of sp³-hybridized carbons (Fsp3) is 0.667. The summed E-state index contributed by atoms with van der Waals surface area (Å²) in [6, 6.07) is 8.66. The zero-order chi connectivity index (χ0) is 17.7. The van der Waals surface area contributed by atoms with Crippen molar-refractivity contribution in [1.29, 1.82) is 0 Å². The predicted octanol–water partition coefficient (Wildman–Crippen LogP) is 4.61. The molecule has 2 fully saturated rings. The highest BCUT2D eigenvalue weighted by Gasteiger charge is 2.33. The number of nitrogens with two attached hydrogens (primary N) is 1. The van der Waals surface area contributed by atoms with E-state index in [0.717, 1.165) is 25.9 Å². The van der Waals surface area contributed by atoms with Crippen LogP contribution in [-0.4, -0.2) is 25.5 Å². The van der Waals surface area contributed by atoms with E-state index >= 15 is 0 Å². The van der Waals surface area contributed by atoms with Crippen LogP contribution in [0.2, 0.25) is 0 Å². The van der Waals surface area contributed by atoms with Gasteiger partial charge < -0.3 is 16.0 Å². The molecule has 3 rings (SSSR count). The van der Waals surface area contributed by atoms with E-state index in [9.17, 15) is 4.79 Å². The molecule has 154 valence electrons. The van der Waals surface area contributed by atoms with Gasteiger partial charge in [-0.15, -0.1) is 24.8 Å². The third-order valence-electron chi connectivity index (χ3n) is 6.10. The van der Waals surface area contributed by atoms with Gasteiger partial charge in [0, 0.05) is 25.2 Å². The Labute approximate surface area is 176 Å². The Balaban J connectivity index is 0.00000182. The summed E-state index contributed by atoms with van der Waals surface area (Å²) in [5, 5.41) is 3.21. The molecular formula is C21H35Cl2N3O. The molecule has 4 nitrogen and oxygen atoms in total. The largest absolute Gasteiger partial charge is 0.372 e. The Morgan fingerprint density at radius 2 is 1.81 bits per heavy atom. The second-order valence-electron chi connectivity index (χ2n) is 8.02. The second-order valence-corrected chi connectivity index (χ2v) is 8.02. The number of hydrogen-bond acceptors (Lipinski definition) is 3. The number of nitrogens with one attached hydrogen (secondary N) is 1. The number of halogens is 2. The zero-order valence-corrected chi connectivity index (χ0v) is 18.0. The lowest BCUT2D eigenvalue weighted by molar-refractivity contribution is -0.124. The van der Waals surface area contributed by atoms with Gasteiger partial charge >= 0.3 is 0 Å². The van der Waals surface area contributed by atoms with Crippen LogP contribution in [0.25, 0.3) is 0 Å². The summed E-state index contributed by atoms with van der Waals surface area (Å²) in [7, 11) is 0. The Morgan fingerprint density at radius 3 is 2.44 bits per heavy atom. The number of carbonyl (C=O) groups excluding carboxylic acids is 1. The monoisotopic (exact) mass is 415 g/mol. The average Bonchev–Trinajstić information content (AvgIpc) is 3.17. The summed E-state index contributed by atoms with van der Waals surface area (Å²) in [4.78, 5) is 15.1. The van der Waals surface area contributed by atoms with Gasteiger partial charge in [0.05, 0.1) is 6.04 Å². The topological polar surface area (TPSA) is 58.4 Å². The van der Waals surface area contributed by atoms with Crippen molar-refractivity contribution in [1.82, 2.24) is 5.32 Å². The Kier molecular flexibility index (Phi) is 9.92. The highest BCUT2D eigenvalue weighted by Crippen LogP contribution is 2.38. The molecule has 1 unspecified atom stereocenters. The molecule has 0 spiro atoms. The second kappa shape index (κ2) is 11.1. The third kappa shape index (κ3) is 6.27. The van der Waals surface area contributed by atoms with Crippen molar-refractivity contribution in [2.45, 2.75) is 64.3 Å².